The molecule has 1 saturated carbocycles. The zero-order valence-electron chi connectivity index (χ0n) is 8.94. The minimum absolute atomic E-state index is 0.102. The second kappa shape index (κ2) is 5.19. The molecule has 1 aliphatic carbocycles. The second-order valence-corrected chi connectivity index (χ2v) is 6.02. The van der Waals surface area contributed by atoms with E-state index in [1.54, 1.807) is 6.20 Å². The summed E-state index contributed by atoms with van der Waals surface area (Å²) in [5.74, 6) is 0.102. The van der Waals surface area contributed by atoms with Crippen LogP contribution in [0.3, 0.4) is 0 Å². The molecule has 3 nitrogen and oxygen atoms in total. The van der Waals surface area contributed by atoms with E-state index in [9.17, 15) is 4.79 Å². The Morgan fingerprint density at radius 1 is 1.69 bits per heavy atom. The summed E-state index contributed by atoms with van der Waals surface area (Å²) in [6.07, 6.45) is 3.98. The van der Waals surface area contributed by atoms with Gasteiger partial charge >= 0.3 is 0 Å². The SMILES string of the molecule is C[C@H](Sc1ncccc1Br)C(=O)NC1CC1. The third kappa shape index (κ3) is 3.22. The maximum absolute atomic E-state index is 11.7. The van der Waals surface area contributed by atoms with Crippen LogP contribution in [-0.4, -0.2) is 22.2 Å². The van der Waals surface area contributed by atoms with Gasteiger partial charge < -0.3 is 5.32 Å². The molecule has 0 aliphatic heterocycles. The normalized spacial score (nSPS) is 16.9. The average molecular weight is 301 g/mol. The molecule has 0 spiro atoms. The van der Waals surface area contributed by atoms with Gasteiger partial charge in [-0.15, -0.1) is 0 Å². The highest BCUT2D eigenvalue weighted by Gasteiger charge is 2.26. The molecule has 1 aliphatic rings. The smallest absolute Gasteiger partial charge is 0.233 e. The number of carbonyl (C=O) groups is 1. The van der Waals surface area contributed by atoms with Crippen LogP contribution in [0.25, 0.3) is 0 Å². The topological polar surface area (TPSA) is 42.0 Å². The summed E-state index contributed by atoms with van der Waals surface area (Å²) >= 11 is 4.90. The lowest BCUT2D eigenvalue weighted by molar-refractivity contribution is -0.120. The maximum atomic E-state index is 11.7. The van der Waals surface area contributed by atoms with E-state index in [1.807, 2.05) is 19.1 Å². The first-order valence-electron chi connectivity index (χ1n) is 5.24. The van der Waals surface area contributed by atoms with Gasteiger partial charge in [0.05, 0.1) is 5.25 Å². The Kier molecular flexibility index (Phi) is 3.86. The predicted octanol–water partition coefficient (Wildman–Crippen LogP) is 2.60. The molecule has 0 bridgehead atoms. The third-order valence-corrected chi connectivity index (χ3v) is 4.32. The number of amides is 1. The van der Waals surface area contributed by atoms with Gasteiger partial charge in [0, 0.05) is 16.7 Å². The van der Waals surface area contributed by atoms with E-state index in [4.69, 9.17) is 0 Å². The highest BCUT2D eigenvalue weighted by molar-refractivity contribution is 9.10. The summed E-state index contributed by atoms with van der Waals surface area (Å²) in [4.78, 5) is 16.0. The summed E-state index contributed by atoms with van der Waals surface area (Å²) in [5, 5.41) is 3.75. The molecule has 1 aromatic rings. The molecule has 1 heterocycles. The number of nitrogens with one attached hydrogen (secondary N) is 1. The van der Waals surface area contributed by atoms with Crippen molar-refractivity contribution in [2.24, 2.45) is 0 Å². The fourth-order valence-corrected chi connectivity index (χ4v) is 2.57. The largest absolute Gasteiger partial charge is 0.352 e. The van der Waals surface area contributed by atoms with E-state index in [0.29, 0.717) is 6.04 Å². The summed E-state index contributed by atoms with van der Waals surface area (Å²) in [7, 11) is 0. The molecule has 5 heteroatoms. The molecule has 86 valence electrons. The van der Waals surface area contributed by atoms with Crippen LogP contribution in [0, 0.1) is 0 Å². The number of hydrogen-bond donors (Lipinski definition) is 1. The van der Waals surface area contributed by atoms with Gasteiger partial charge in [0.2, 0.25) is 5.91 Å². The predicted molar refractivity (Wildman–Crippen MR) is 68.4 cm³/mol. The highest BCUT2D eigenvalue weighted by Crippen LogP contribution is 2.29. The van der Waals surface area contributed by atoms with E-state index in [1.165, 1.54) is 11.8 Å². The molecule has 1 aromatic heterocycles. The molecule has 0 saturated heterocycles. The van der Waals surface area contributed by atoms with Crippen molar-refractivity contribution >= 4 is 33.6 Å². The minimum Gasteiger partial charge on any atom is -0.352 e. The first-order chi connectivity index (χ1) is 7.66. The zero-order valence-corrected chi connectivity index (χ0v) is 11.3. The number of aromatic nitrogens is 1. The van der Waals surface area contributed by atoms with Crippen molar-refractivity contribution in [1.29, 1.82) is 0 Å². The van der Waals surface area contributed by atoms with Crippen molar-refractivity contribution in [3.8, 4) is 0 Å². The lowest BCUT2D eigenvalue weighted by Gasteiger charge is -2.11. The summed E-state index contributed by atoms with van der Waals surface area (Å²) < 4.78 is 0.936. The van der Waals surface area contributed by atoms with Gasteiger partial charge in [-0.05, 0) is 47.8 Å². The van der Waals surface area contributed by atoms with Crippen LogP contribution in [0.15, 0.2) is 27.8 Å². The number of halogens is 1. The van der Waals surface area contributed by atoms with E-state index in [2.05, 4.69) is 26.2 Å². The molecule has 2 rings (SSSR count). The van der Waals surface area contributed by atoms with Crippen molar-refractivity contribution in [3.05, 3.63) is 22.8 Å². The van der Waals surface area contributed by atoms with Crippen LogP contribution >= 0.6 is 27.7 Å². The number of pyridine rings is 1. The van der Waals surface area contributed by atoms with Crippen LogP contribution in [0.5, 0.6) is 0 Å². The summed E-state index contributed by atoms with van der Waals surface area (Å²) in [5.41, 5.74) is 0. The molecular weight excluding hydrogens is 288 g/mol. The van der Waals surface area contributed by atoms with Gasteiger partial charge in [-0.25, -0.2) is 4.98 Å². The number of rotatable bonds is 4. The molecule has 1 fully saturated rings. The maximum Gasteiger partial charge on any atom is 0.233 e. The summed E-state index contributed by atoms with van der Waals surface area (Å²) in [6, 6.07) is 4.21. The van der Waals surface area contributed by atoms with Gasteiger partial charge in [0.1, 0.15) is 5.03 Å². The van der Waals surface area contributed by atoms with Crippen molar-refractivity contribution < 1.29 is 4.79 Å². The van der Waals surface area contributed by atoms with Crippen molar-refractivity contribution in [3.63, 3.8) is 0 Å². The minimum atomic E-state index is -0.105. The monoisotopic (exact) mass is 300 g/mol. The Bertz CT molecular complexity index is 395. The molecule has 0 radical (unpaired) electrons. The van der Waals surface area contributed by atoms with Crippen LogP contribution in [0.1, 0.15) is 19.8 Å². The highest BCUT2D eigenvalue weighted by atomic mass is 79.9. The Hall–Kier alpha value is -0.550. The molecular formula is C11H13BrN2OS. The van der Waals surface area contributed by atoms with Crippen molar-refractivity contribution in [1.82, 2.24) is 10.3 Å². The first-order valence-corrected chi connectivity index (χ1v) is 6.91. The van der Waals surface area contributed by atoms with Gasteiger partial charge in [-0.2, -0.15) is 0 Å². The molecule has 1 amide bonds. The molecule has 16 heavy (non-hydrogen) atoms. The Morgan fingerprint density at radius 3 is 3.06 bits per heavy atom. The number of hydrogen-bond acceptors (Lipinski definition) is 3. The van der Waals surface area contributed by atoms with Crippen molar-refractivity contribution in [2.45, 2.75) is 36.1 Å². The van der Waals surface area contributed by atoms with E-state index in [-0.39, 0.29) is 11.2 Å². The molecule has 1 N–H and O–H groups in total. The van der Waals surface area contributed by atoms with E-state index < -0.39 is 0 Å². The fraction of sp³-hybridized carbons (Fsp3) is 0.455. The average Bonchev–Trinajstić information content (AvgIpc) is 3.05. The van der Waals surface area contributed by atoms with Crippen LogP contribution in [0.2, 0.25) is 0 Å². The Balaban J connectivity index is 1.92. The van der Waals surface area contributed by atoms with Crippen LogP contribution in [-0.2, 0) is 4.79 Å². The van der Waals surface area contributed by atoms with Gasteiger partial charge in [0.15, 0.2) is 0 Å². The summed E-state index contributed by atoms with van der Waals surface area (Å²) in [6.45, 7) is 1.91. The van der Waals surface area contributed by atoms with Crippen LogP contribution in [0.4, 0.5) is 0 Å². The van der Waals surface area contributed by atoms with E-state index >= 15 is 0 Å². The van der Waals surface area contributed by atoms with Crippen molar-refractivity contribution in [2.75, 3.05) is 0 Å². The third-order valence-electron chi connectivity index (χ3n) is 2.31. The molecule has 0 aromatic carbocycles. The lowest BCUT2D eigenvalue weighted by Crippen LogP contribution is -2.32. The second-order valence-electron chi connectivity index (χ2n) is 3.83. The van der Waals surface area contributed by atoms with Gasteiger partial charge in [-0.1, -0.05) is 11.8 Å². The first kappa shape index (κ1) is 11.9. The number of thioether (sulfide) groups is 1. The molecule has 0 unspecified atom stereocenters. The standard InChI is InChI=1S/C11H13BrN2OS/c1-7(10(15)14-8-4-5-8)16-11-9(12)3-2-6-13-11/h2-3,6-8H,4-5H2,1H3,(H,14,15)/t7-/m0/s1. The van der Waals surface area contributed by atoms with Gasteiger partial charge in [-0.3, -0.25) is 4.79 Å². The number of nitrogens with zero attached hydrogens (tertiary/aromatic N) is 1. The Labute approximate surface area is 108 Å². The quantitative estimate of drug-likeness (QED) is 0.869. The zero-order chi connectivity index (χ0) is 11.5. The molecule has 1 atom stereocenters. The van der Waals surface area contributed by atoms with E-state index in [0.717, 1.165) is 22.3 Å². The fourth-order valence-electron chi connectivity index (χ4n) is 1.23. The lowest BCUT2D eigenvalue weighted by atomic mass is 10.4. The Morgan fingerprint density at radius 2 is 2.44 bits per heavy atom. The van der Waals surface area contributed by atoms with Crippen LogP contribution < -0.4 is 5.32 Å². The number of carbonyl (C=O) groups excluding carboxylic acids is 1. The van der Waals surface area contributed by atoms with Gasteiger partial charge in [0.25, 0.3) is 0 Å².